The van der Waals surface area contributed by atoms with Crippen LogP contribution in [0.2, 0.25) is 0 Å². The summed E-state index contributed by atoms with van der Waals surface area (Å²) in [6.45, 7) is -0.451. The zero-order chi connectivity index (χ0) is 20.1. The minimum Gasteiger partial charge on any atom is -0.483 e. The number of ether oxygens (including phenoxy) is 1. The summed E-state index contributed by atoms with van der Waals surface area (Å²) in [5, 5.41) is 12.7. The number of carbonyl (C=O) groups is 1. The first-order valence-corrected chi connectivity index (χ1v) is 9.51. The van der Waals surface area contributed by atoms with E-state index in [1.165, 1.54) is 12.1 Å². The fourth-order valence-corrected chi connectivity index (χ4v) is 3.55. The Balaban J connectivity index is 1.65. The van der Waals surface area contributed by atoms with E-state index in [2.05, 4.69) is 0 Å². The predicted octanol–water partition coefficient (Wildman–Crippen LogP) is 2.14. The molecule has 0 aromatic heterocycles. The number of benzene rings is 3. The van der Waals surface area contributed by atoms with Gasteiger partial charge in [-0.25, -0.2) is 8.42 Å². The molecule has 0 fully saturated rings. The topological polar surface area (TPSA) is 128 Å². The molecule has 10 heteroatoms. The molecular weight excluding hydrogens is 386 g/mol. The van der Waals surface area contributed by atoms with Gasteiger partial charge in [0.25, 0.3) is 21.6 Å². The maximum atomic E-state index is 12.2. The molecule has 0 unspecified atom stereocenters. The first-order chi connectivity index (χ1) is 13.4. The molecule has 144 valence electrons. The summed E-state index contributed by atoms with van der Waals surface area (Å²) >= 11 is 0. The van der Waals surface area contributed by atoms with Gasteiger partial charge in [-0.1, -0.05) is 48.5 Å². The highest BCUT2D eigenvalue weighted by atomic mass is 32.2. The number of carbonyl (C=O) groups excluding carboxylic acids is 1. The Hall–Kier alpha value is -3.50. The van der Waals surface area contributed by atoms with E-state index >= 15 is 0 Å². The molecule has 0 aliphatic carbocycles. The summed E-state index contributed by atoms with van der Waals surface area (Å²) in [6, 6.07) is 17.6. The number of nitrogens with zero attached hydrogens (tertiary/aromatic N) is 1. The third kappa shape index (κ3) is 4.24. The molecule has 3 aromatic rings. The van der Waals surface area contributed by atoms with Gasteiger partial charge in [0, 0.05) is 11.5 Å². The SMILES string of the molecule is O=C(COc1cccc2ccccc12)NNS(=O)(=O)c1ccccc1[N+](=O)[O-]. The molecule has 28 heavy (non-hydrogen) atoms. The zero-order valence-electron chi connectivity index (χ0n) is 14.4. The Morgan fingerprint density at radius 2 is 1.68 bits per heavy atom. The summed E-state index contributed by atoms with van der Waals surface area (Å²) in [5.41, 5.74) is 1.38. The van der Waals surface area contributed by atoms with Crippen molar-refractivity contribution >= 4 is 32.4 Å². The van der Waals surface area contributed by atoms with Crippen LogP contribution in [0.3, 0.4) is 0 Å². The Kier molecular flexibility index (Phi) is 5.52. The van der Waals surface area contributed by atoms with E-state index in [4.69, 9.17) is 4.74 Å². The molecule has 0 spiro atoms. The van der Waals surface area contributed by atoms with Crippen LogP contribution >= 0.6 is 0 Å². The maximum Gasteiger partial charge on any atom is 0.289 e. The number of para-hydroxylation sites is 1. The fourth-order valence-electron chi connectivity index (χ4n) is 2.52. The van der Waals surface area contributed by atoms with Crippen LogP contribution in [0.15, 0.2) is 71.6 Å². The molecular formula is C18H15N3O6S. The third-order valence-electron chi connectivity index (χ3n) is 3.78. The Bertz CT molecular complexity index is 1140. The van der Waals surface area contributed by atoms with E-state index in [1.54, 1.807) is 12.1 Å². The van der Waals surface area contributed by atoms with Gasteiger partial charge in [0.05, 0.1) is 4.92 Å². The van der Waals surface area contributed by atoms with Crippen molar-refractivity contribution in [3.8, 4) is 5.75 Å². The van der Waals surface area contributed by atoms with Gasteiger partial charge in [0.15, 0.2) is 11.5 Å². The van der Waals surface area contributed by atoms with E-state index in [0.717, 1.165) is 22.9 Å². The number of rotatable bonds is 7. The molecule has 0 bridgehead atoms. The van der Waals surface area contributed by atoms with Gasteiger partial charge in [0.1, 0.15) is 5.75 Å². The van der Waals surface area contributed by atoms with Gasteiger partial charge in [0.2, 0.25) is 0 Å². The standard InChI is InChI=1S/C18H15N3O6S/c22-18(12-27-16-10-5-7-13-6-1-2-8-14(13)16)19-20-28(25,26)17-11-4-3-9-15(17)21(23)24/h1-11,20H,12H2,(H,19,22). The highest BCUT2D eigenvalue weighted by molar-refractivity contribution is 7.89. The number of sulfonamides is 1. The lowest BCUT2D eigenvalue weighted by Crippen LogP contribution is -2.43. The van der Waals surface area contributed by atoms with Crippen molar-refractivity contribution in [3.05, 3.63) is 76.8 Å². The van der Waals surface area contributed by atoms with Gasteiger partial charge >= 0.3 is 0 Å². The van der Waals surface area contributed by atoms with Crippen molar-refractivity contribution in [1.29, 1.82) is 0 Å². The molecule has 0 saturated carbocycles. The van der Waals surface area contributed by atoms with Gasteiger partial charge in [-0.2, -0.15) is 0 Å². The second kappa shape index (κ2) is 8.03. The lowest BCUT2D eigenvalue weighted by molar-refractivity contribution is -0.387. The summed E-state index contributed by atoms with van der Waals surface area (Å²) < 4.78 is 29.9. The van der Waals surface area contributed by atoms with Crippen LogP contribution in [-0.2, 0) is 14.8 Å². The fraction of sp³-hybridized carbons (Fsp3) is 0.0556. The van der Waals surface area contributed by atoms with Crippen molar-refractivity contribution < 1.29 is 22.9 Å². The summed E-state index contributed by atoms with van der Waals surface area (Å²) in [6.07, 6.45) is 0. The molecule has 0 heterocycles. The number of nitrogens with one attached hydrogen (secondary N) is 2. The van der Waals surface area contributed by atoms with Crippen LogP contribution in [0.5, 0.6) is 5.75 Å². The molecule has 9 nitrogen and oxygen atoms in total. The Labute approximate surface area is 160 Å². The van der Waals surface area contributed by atoms with Gasteiger partial charge in [-0.15, -0.1) is 4.83 Å². The van der Waals surface area contributed by atoms with E-state index in [9.17, 15) is 23.3 Å². The van der Waals surface area contributed by atoms with Crippen LogP contribution < -0.4 is 15.0 Å². The number of hydrogen-bond donors (Lipinski definition) is 2. The highest BCUT2D eigenvalue weighted by Crippen LogP contribution is 2.25. The quantitative estimate of drug-likeness (QED) is 0.461. The van der Waals surface area contributed by atoms with Gasteiger partial charge < -0.3 is 4.74 Å². The molecule has 0 aliphatic heterocycles. The predicted molar refractivity (Wildman–Crippen MR) is 101 cm³/mol. The van der Waals surface area contributed by atoms with Crippen LogP contribution in [-0.4, -0.2) is 25.9 Å². The average Bonchev–Trinajstić information content (AvgIpc) is 2.70. The summed E-state index contributed by atoms with van der Waals surface area (Å²) in [5.74, 6) is -0.301. The number of nitro benzene ring substituents is 1. The highest BCUT2D eigenvalue weighted by Gasteiger charge is 2.25. The van der Waals surface area contributed by atoms with Crippen molar-refractivity contribution in [2.24, 2.45) is 0 Å². The number of fused-ring (bicyclic) bond motifs is 1. The number of amides is 1. The van der Waals surface area contributed by atoms with E-state index in [-0.39, 0.29) is 0 Å². The average molecular weight is 401 g/mol. The van der Waals surface area contributed by atoms with E-state index in [1.807, 2.05) is 40.6 Å². The Morgan fingerprint density at radius 3 is 2.46 bits per heavy atom. The molecule has 3 aromatic carbocycles. The minimum atomic E-state index is -4.33. The lowest BCUT2D eigenvalue weighted by Gasteiger charge is -2.11. The van der Waals surface area contributed by atoms with E-state index in [0.29, 0.717) is 5.75 Å². The summed E-state index contributed by atoms with van der Waals surface area (Å²) in [4.78, 5) is 23.4. The molecule has 2 N–H and O–H groups in total. The summed E-state index contributed by atoms with van der Waals surface area (Å²) in [7, 11) is -4.33. The third-order valence-corrected chi connectivity index (χ3v) is 5.08. The number of nitro groups is 1. The second-order valence-electron chi connectivity index (χ2n) is 5.64. The molecule has 0 radical (unpaired) electrons. The van der Waals surface area contributed by atoms with Crippen LogP contribution in [0.1, 0.15) is 0 Å². The molecule has 1 amide bonds. The normalized spacial score (nSPS) is 11.1. The first-order valence-electron chi connectivity index (χ1n) is 8.03. The monoisotopic (exact) mass is 401 g/mol. The molecule has 0 aliphatic rings. The Morgan fingerprint density at radius 1 is 1.00 bits per heavy atom. The largest absolute Gasteiger partial charge is 0.483 e. The maximum absolute atomic E-state index is 12.2. The minimum absolute atomic E-state index is 0.451. The second-order valence-corrected chi connectivity index (χ2v) is 7.30. The smallest absolute Gasteiger partial charge is 0.289 e. The van der Waals surface area contributed by atoms with E-state index < -0.39 is 38.0 Å². The zero-order valence-corrected chi connectivity index (χ0v) is 15.2. The number of hydrogen-bond acceptors (Lipinski definition) is 6. The van der Waals surface area contributed by atoms with Crippen LogP contribution in [0, 0.1) is 10.1 Å². The van der Waals surface area contributed by atoms with Crippen molar-refractivity contribution in [2.45, 2.75) is 4.90 Å². The van der Waals surface area contributed by atoms with Crippen LogP contribution in [0.4, 0.5) is 5.69 Å². The van der Waals surface area contributed by atoms with Crippen molar-refractivity contribution in [3.63, 3.8) is 0 Å². The van der Waals surface area contributed by atoms with Crippen molar-refractivity contribution in [2.75, 3.05) is 6.61 Å². The lowest BCUT2D eigenvalue weighted by atomic mass is 10.1. The molecule has 3 rings (SSSR count). The van der Waals surface area contributed by atoms with Gasteiger partial charge in [-0.3, -0.25) is 20.3 Å². The first kappa shape index (κ1) is 19.3. The van der Waals surface area contributed by atoms with Crippen molar-refractivity contribution in [1.82, 2.24) is 10.3 Å². The number of hydrazine groups is 1. The van der Waals surface area contributed by atoms with Crippen LogP contribution in [0.25, 0.3) is 10.8 Å². The van der Waals surface area contributed by atoms with Gasteiger partial charge in [-0.05, 0) is 17.5 Å². The molecule has 0 saturated heterocycles. The molecule has 0 atom stereocenters.